The largest absolute Gasteiger partial charge is 0.421 e. The van der Waals surface area contributed by atoms with Crippen molar-refractivity contribution >= 4 is 39.4 Å². The Morgan fingerprint density at radius 2 is 1.54 bits per heavy atom. The van der Waals surface area contributed by atoms with E-state index >= 15 is 0 Å². The summed E-state index contributed by atoms with van der Waals surface area (Å²) in [5, 5.41) is 0. The zero-order valence-electron chi connectivity index (χ0n) is 15.0. The summed E-state index contributed by atoms with van der Waals surface area (Å²) in [7, 11) is 0. The maximum absolute atomic E-state index is 13.1. The number of hydrogen-bond donors (Lipinski definition) is 0. The first-order chi connectivity index (χ1) is 13.5. The third-order valence-electron chi connectivity index (χ3n) is 6.32. The molecule has 6 heteroatoms. The number of para-hydroxylation sites is 2. The maximum Gasteiger partial charge on any atom is 0.343 e. The minimum Gasteiger partial charge on any atom is -0.421 e. The summed E-state index contributed by atoms with van der Waals surface area (Å²) in [6.07, 6.45) is 3.04. The second-order valence-corrected chi connectivity index (χ2v) is 8.68. The van der Waals surface area contributed by atoms with Crippen LogP contribution in [0, 0.1) is 23.7 Å². The highest BCUT2D eigenvalue weighted by molar-refractivity contribution is 9.10. The zero-order chi connectivity index (χ0) is 19.4. The lowest BCUT2D eigenvalue weighted by Crippen LogP contribution is -2.33. The van der Waals surface area contributed by atoms with Crippen molar-refractivity contribution in [3.05, 3.63) is 58.6 Å². The highest BCUT2D eigenvalue weighted by atomic mass is 79.9. The molecule has 0 N–H and O–H groups in total. The minimum atomic E-state index is -0.528. The number of benzene rings is 2. The van der Waals surface area contributed by atoms with Gasteiger partial charge in [-0.1, -0.05) is 28.1 Å². The molecular formula is C22H18BrNO4. The van der Waals surface area contributed by atoms with Gasteiger partial charge in [0.2, 0.25) is 11.8 Å². The van der Waals surface area contributed by atoms with Gasteiger partial charge in [0, 0.05) is 4.47 Å². The highest BCUT2D eigenvalue weighted by Crippen LogP contribution is 2.57. The first-order valence-electron chi connectivity index (χ1n) is 9.49. The van der Waals surface area contributed by atoms with Crippen molar-refractivity contribution in [1.82, 2.24) is 0 Å². The number of hydrogen-bond acceptors (Lipinski definition) is 4. The van der Waals surface area contributed by atoms with E-state index in [-0.39, 0.29) is 29.4 Å². The zero-order valence-corrected chi connectivity index (χ0v) is 16.6. The Morgan fingerprint density at radius 3 is 2.18 bits per heavy atom. The molecule has 2 saturated carbocycles. The van der Waals surface area contributed by atoms with E-state index in [1.165, 1.54) is 4.90 Å². The normalized spacial score (nSPS) is 28.0. The van der Waals surface area contributed by atoms with E-state index < -0.39 is 5.97 Å². The van der Waals surface area contributed by atoms with E-state index in [2.05, 4.69) is 15.9 Å². The third-order valence-corrected chi connectivity index (χ3v) is 6.84. The lowest BCUT2D eigenvalue weighted by molar-refractivity contribution is -0.123. The van der Waals surface area contributed by atoms with Crippen molar-refractivity contribution in [1.29, 1.82) is 0 Å². The van der Waals surface area contributed by atoms with Crippen LogP contribution in [0.15, 0.2) is 53.0 Å². The molecule has 1 saturated heterocycles. The number of nitrogens with zero attached hydrogens (tertiary/aromatic N) is 1. The van der Waals surface area contributed by atoms with E-state index in [0.29, 0.717) is 23.1 Å². The van der Waals surface area contributed by atoms with E-state index in [1.54, 1.807) is 48.5 Å². The standard InChI is InChI=1S/C22H18BrNO4/c23-15-9-7-12(8-10-15)22(27)28-17-4-2-1-3-16(17)24-20(25)18-13-5-6-14(11-13)19(18)21(24)26/h1-4,7-10,13-14,18-19H,5-6,11H2/t13-,14+,18-,19-/m0/s1. The van der Waals surface area contributed by atoms with Crippen molar-refractivity contribution in [3.8, 4) is 5.75 Å². The van der Waals surface area contributed by atoms with Crippen LogP contribution in [0.1, 0.15) is 29.6 Å². The smallest absolute Gasteiger partial charge is 0.343 e. The van der Waals surface area contributed by atoms with Gasteiger partial charge >= 0.3 is 5.97 Å². The van der Waals surface area contributed by atoms with Crippen LogP contribution in [0.3, 0.4) is 0 Å². The van der Waals surface area contributed by atoms with Crippen LogP contribution in [0.5, 0.6) is 5.75 Å². The average Bonchev–Trinajstić information content (AvgIpc) is 3.37. The van der Waals surface area contributed by atoms with Gasteiger partial charge in [-0.2, -0.15) is 0 Å². The molecule has 0 spiro atoms. The molecule has 2 aromatic rings. The van der Waals surface area contributed by atoms with E-state index in [9.17, 15) is 14.4 Å². The number of esters is 1. The van der Waals surface area contributed by atoms with Gasteiger partial charge in [-0.15, -0.1) is 0 Å². The van der Waals surface area contributed by atoms with Crippen molar-refractivity contribution in [2.45, 2.75) is 19.3 Å². The number of imide groups is 1. The van der Waals surface area contributed by atoms with E-state index in [0.717, 1.165) is 23.7 Å². The molecule has 0 aromatic heterocycles. The SMILES string of the molecule is O=C(Oc1ccccc1N1C(=O)[C@H]2[C@@H]3CC[C@@H](C3)[C@@H]2C1=O)c1ccc(Br)cc1. The maximum atomic E-state index is 13.1. The molecule has 28 heavy (non-hydrogen) atoms. The number of carbonyl (C=O) groups is 3. The molecule has 0 radical (unpaired) electrons. The van der Waals surface area contributed by atoms with Crippen LogP contribution in [0.2, 0.25) is 0 Å². The number of carbonyl (C=O) groups excluding carboxylic acids is 3. The number of amides is 2. The summed E-state index contributed by atoms with van der Waals surface area (Å²) < 4.78 is 6.43. The number of rotatable bonds is 3. The molecule has 5 rings (SSSR count). The van der Waals surface area contributed by atoms with Crippen molar-refractivity contribution in [2.75, 3.05) is 4.90 Å². The summed E-state index contributed by atoms with van der Waals surface area (Å²) in [6.45, 7) is 0. The monoisotopic (exact) mass is 439 g/mol. The molecule has 2 bridgehead atoms. The Balaban J connectivity index is 1.46. The van der Waals surface area contributed by atoms with Gasteiger partial charge in [-0.25, -0.2) is 9.69 Å². The third kappa shape index (κ3) is 2.62. The van der Waals surface area contributed by atoms with Gasteiger partial charge in [0.1, 0.15) is 0 Å². The number of ether oxygens (including phenoxy) is 1. The Morgan fingerprint density at radius 1 is 0.929 bits per heavy atom. The molecule has 0 unspecified atom stereocenters. The molecule has 5 nitrogen and oxygen atoms in total. The molecule has 1 heterocycles. The van der Waals surface area contributed by atoms with Crippen LogP contribution in [-0.2, 0) is 9.59 Å². The Kier molecular flexibility index (Phi) is 4.12. The Labute approximate surface area is 170 Å². The molecule has 2 amide bonds. The van der Waals surface area contributed by atoms with Crippen LogP contribution in [0.25, 0.3) is 0 Å². The Hall–Kier alpha value is -2.47. The minimum absolute atomic E-state index is 0.144. The predicted octanol–water partition coefficient (Wildman–Crippen LogP) is 4.20. The van der Waals surface area contributed by atoms with Crippen LogP contribution in [-0.4, -0.2) is 17.8 Å². The molecule has 142 valence electrons. The fourth-order valence-electron chi connectivity index (χ4n) is 5.12. The summed E-state index contributed by atoms with van der Waals surface area (Å²) in [6, 6.07) is 13.6. The topological polar surface area (TPSA) is 63.7 Å². The second-order valence-electron chi connectivity index (χ2n) is 7.76. The number of halogens is 1. The highest BCUT2D eigenvalue weighted by Gasteiger charge is 2.61. The molecular weight excluding hydrogens is 422 g/mol. The fraction of sp³-hybridized carbons (Fsp3) is 0.318. The Bertz CT molecular complexity index is 958. The molecule has 4 atom stereocenters. The average molecular weight is 440 g/mol. The first kappa shape index (κ1) is 17.6. The van der Waals surface area contributed by atoms with Gasteiger partial charge in [0.25, 0.3) is 0 Å². The molecule has 2 aliphatic carbocycles. The van der Waals surface area contributed by atoms with E-state index in [4.69, 9.17) is 4.74 Å². The van der Waals surface area contributed by atoms with Gasteiger partial charge in [-0.05, 0) is 67.5 Å². The van der Waals surface area contributed by atoms with E-state index in [1.807, 2.05) is 0 Å². The number of anilines is 1. The summed E-state index contributed by atoms with van der Waals surface area (Å²) >= 11 is 3.34. The summed E-state index contributed by atoms with van der Waals surface area (Å²) in [5.74, 6) is -0.377. The quantitative estimate of drug-likeness (QED) is 0.408. The molecule has 3 fully saturated rings. The van der Waals surface area contributed by atoms with Crippen LogP contribution in [0.4, 0.5) is 5.69 Å². The lowest BCUT2D eigenvalue weighted by Gasteiger charge is -2.20. The molecule has 3 aliphatic rings. The second kappa shape index (κ2) is 6.55. The lowest BCUT2D eigenvalue weighted by atomic mass is 9.81. The van der Waals surface area contributed by atoms with Gasteiger partial charge in [-0.3, -0.25) is 9.59 Å². The fourth-order valence-corrected chi connectivity index (χ4v) is 5.38. The van der Waals surface area contributed by atoms with Crippen molar-refractivity contribution in [2.24, 2.45) is 23.7 Å². The van der Waals surface area contributed by atoms with Gasteiger partial charge in [0.05, 0.1) is 23.1 Å². The molecule has 2 aromatic carbocycles. The summed E-state index contributed by atoms with van der Waals surface area (Å²) in [4.78, 5) is 40.0. The summed E-state index contributed by atoms with van der Waals surface area (Å²) in [5.41, 5.74) is 0.753. The first-order valence-corrected chi connectivity index (χ1v) is 10.3. The molecule has 1 aliphatic heterocycles. The van der Waals surface area contributed by atoms with Gasteiger partial charge in [0.15, 0.2) is 5.75 Å². The van der Waals surface area contributed by atoms with Crippen LogP contribution >= 0.6 is 15.9 Å². The predicted molar refractivity (Wildman–Crippen MR) is 106 cm³/mol. The van der Waals surface area contributed by atoms with Gasteiger partial charge < -0.3 is 4.74 Å². The van der Waals surface area contributed by atoms with Crippen LogP contribution < -0.4 is 9.64 Å². The van der Waals surface area contributed by atoms with Crippen molar-refractivity contribution < 1.29 is 19.1 Å². The van der Waals surface area contributed by atoms with Crippen molar-refractivity contribution in [3.63, 3.8) is 0 Å². The number of fused-ring (bicyclic) bond motifs is 5.